The molecule has 2 atom stereocenters. The highest BCUT2D eigenvalue weighted by Gasteiger charge is 2.26. The summed E-state index contributed by atoms with van der Waals surface area (Å²) in [5, 5.41) is 5.50. The number of hydrogen-bond donors (Lipinski definition) is 1. The molecule has 4 heteroatoms. The minimum atomic E-state index is -0.176. The van der Waals surface area contributed by atoms with Gasteiger partial charge in [-0.05, 0) is 47.4 Å². The number of benzene rings is 3. The minimum Gasteiger partial charge on any atom is -0.497 e. The van der Waals surface area contributed by atoms with Crippen molar-refractivity contribution in [2.75, 3.05) is 20.2 Å². The predicted octanol–water partition coefficient (Wildman–Crippen LogP) is 4.34. The van der Waals surface area contributed by atoms with Gasteiger partial charge in [0.2, 0.25) is 5.91 Å². The third-order valence-electron chi connectivity index (χ3n) is 5.83. The normalized spacial score (nSPS) is 17.9. The molecule has 1 aliphatic rings. The van der Waals surface area contributed by atoms with Crippen LogP contribution in [0.15, 0.2) is 66.7 Å². The van der Waals surface area contributed by atoms with Crippen LogP contribution >= 0.6 is 0 Å². The molecule has 0 aromatic heterocycles. The van der Waals surface area contributed by atoms with Crippen LogP contribution in [0.2, 0.25) is 0 Å². The van der Waals surface area contributed by atoms with E-state index in [4.69, 9.17) is 4.74 Å². The Bertz CT molecular complexity index is 987. The molecular weight excluding hydrogens is 360 g/mol. The van der Waals surface area contributed by atoms with Crippen LogP contribution in [0.1, 0.15) is 30.4 Å². The molecule has 4 nitrogen and oxygen atoms in total. The Morgan fingerprint density at radius 3 is 2.66 bits per heavy atom. The summed E-state index contributed by atoms with van der Waals surface area (Å²) in [4.78, 5) is 15.3. The van der Waals surface area contributed by atoms with Crippen LogP contribution in [-0.2, 0) is 11.3 Å². The molecule has 1 amide bonds. The number of methoxy groups -OCH3 is 1. The van der Waals surface area contributed by atoms with E-state index >= 15 is 0 Å². The molecule has 1 unspecified atom stereocenters. The van der Waals surface area contributed by atoms with Crippen molar-refractivity contribution in [3.05, 3.63) is 77.9 Å². The summed E-state index contributed by atoms with van der Waals surface area (Å²) in [6, 6.07) is 23.0. The first-order valence-corrected chi connectivity index (χ1v) is 10.3. The highest BCUT2D eigenvalue weighted by Crippen LogP contribution is 2.25. The zero-order valence-electron chi connectivity index (χ0n) is 17.1. The second-order valence-electron chi connectivity index (χ2n) is 7.91. The molecule has 150 valence electrons. The second kappa shape index (κ2) is 8.66. The van der Waals surface area contributed by atoms with Gasteiger partial charge >= 0.3 is 0 Å². The molecule has 1 N–H and O–H groups in total. The summed E-state index contributed by atoms with van der Waals surface area (Å²) in [5.41, 5.74) is 2.36. The maximum Gasteiger partial charge on any atom is 0.227 e. The molecule has 29 heavy (non-hydrogen) atoms. The van der Waals surface area contributed by atoms with Gasteiger partial charge < -0.3 is 10.1 Å². The van der Waals surface area contributed by atoms with Gasteiger partial charge in [0.15, 0.2) is 0 Å². The molecule has 1 fully saturated rings. The molecule has 0 saturated carbocycles. The summed E-state index contributed by atoms with van der Waals surface area (Å²) >= 11 is 0. The highest BCUT2D eigenvalue weighted by atomic mass is 16.5. The fraction of sp³-hybridized carbons (Fsp3) is 0.320. The number of nitrogens with zero attached hydrogens (tertiary/aromatic N) is 1. The Kier molecular flexibility index (Phi) is 5.81. The smallest absolute Gasteiger partial charge is 0.227 e. The minimum absolute atomic E-state index is 0.101. The average Bonchev–Trinajstić information content (AvgIpc) is 3.19. The monoisotopic (exact) mass is 388 g/mol. The highest BCUT2D eigenvalue weighted by molar-refractivity contribution is 5.88. The van der Waals surface area contributed by atoms with Gasteiger partial charge in [0.1, 0.15) is 5.75 Å². The largest absolute Gasteiger partial charge is 0.497 e. The Balaban J connectivity index is 1.36. The van der Waals surface area contributed by atoms with Crippen molar-refractivity contribution in [1.82, 2.24) is 10.2 Å². The molecule has 3 aromatic rings. The first-order valence-electron chi connectivity index (χ1n) is 10.3. The average molecular weight is 389 g/mol. The van der Waals surface area contributed by atoms with Gasteiger partial charge in [0.25, 0.3) is 0 Å². The molecular formula is C25H28N2O2. The van der Waals surface area contributed by atoms with Crippen molar-refractivity contribution in [3.63, 3.8) is 0 Å². The van der Waals surface area contributed by atoms with E-state index in [1.807, 2.05) is 37.3 Å². The standard InChI is InChI=1S/C25H28N2O2/c1-18(20-8-9-22-15-24(29-2)11-10-21(22)14-20)25(28)26-23-12-13-27(17-23)16-19-6-4-3-5-7-19/h3-11,14-15,18,23H,12-13,16-17H2,1-2H3,(H,26,28)/t18-,23?/m0/s1. The number of hydrogen-bond acceptors (Lipinski definition) is 3. The predicted molar refractivity (Wildman–Crippen MR) is 117 cm³/mol. The number of carbonyl (C=O) groups is 1. The first kappa shape index (κ1) is 19.5. The Hall–Kier alpha value is -2.85. The van der Waals surface area contributed by atoms with E-state index < -0.39 is 0 Å². The molecule has 0 aliphatic carbocycles. The topological polar surface area (TPSA) is 41.6 Å². The van der Waals surface area contributed by atoms with Crippen LogP contribution in [0, 0.1) is 0 Å². The summed E-state index contributed by atoms with van der Waals surface area (Å²) in [5.74, 6) is 0.770. The molecule has 1 heterocycles. The van der Waals surface area contributed by atoms with Crippen LogP contribution in [0.3, 0.4) is 0 Å². The van der Waals surface area contributed by atoms with E-state index in [2.05, 4.69) is 46.6 Å². The van der Waals surface area contributed by atoms with E-state index in [-0.39, 0.29) is 17.9 Å². The lowest BCUT2D eigenvalue weighted by Gasteiger charge is -2.19. The van der Waals surface area contributed by atoms with Crippen LogP contribution in [0.25, 0.3) is 10.8 Å². The van der Waals surface area contributed by atoms with Crippen molar-refractivity contribution >= 4 is 16.7 Å². The van der Waals surface area contributed by atoms with Gasteiger partial charge in [-0.1, -0.05) is 54.6 Å². The van der Waals surface area contributed by atoms with Crippen molar-refractivity contribution in [2.24, 2.45) is 0 Å². The lowest BCUT2D eigenvalue weighted by Crippen LogP contribution is -2.39. The lowest BCUT2D eigenvalue weighted by molar-refractivity contribution is -0.122. The summed E-state index contributed by atoms with van der Waals surface area (Å²) < 4.78 is 5.29. The molecule has 0 radical (unpaired) electrons. The van der Waals surface area contributed by atoms with Gasteiger partial charge in [-0.2, -0.15) is 0 Å². The second-order valence-corrected chi connectivity index (χ2v) is 7.91. The van der Waals surface area contributed by atoms with Crippen LogP contribution in [0.5, 0.6) is 5.75 Å². The Labute approximate surface area is 172 Å². The fourth-order valence-corrected chi connectivity index (χ4v) is 4.05. The van der Waals surface area contributed by atoms with Crippen molar-refractivity contribution in [1.29, 1.82) is 0 Å². The van der Waals surface area contributed by atoms with E-state index in [0.717, 1.165) is 48.1 Å². The number of nitrogens with one attached hydrogen (secondary N) is 1. The van der Waals surface area contributed by atoms with Crippen LogP contribution in [-0.4, -0.2) is 37.0 Å². The zero-order chi connectivity index (χ0) is 20.2. The molecule has 0 spiro atoms. The SMILES string of the molecule is COc1ccc2cc([C@H](C)C(=O)NC3CCN(Cc4ccccc4)C3)ccc2c1. The zero-order valence-corrected chi connectivity index (χ0v) is 17.1. The van der Waals surface area contributed by atoms with Crippen LogP contribution < -0.4 is 10.1 Å². The van der Waals surface area contributed by atoms with E-state index in [0.29, 0.717) is 0 Å². The maximum absolute atomic E-state index is 12.9. The lowest BCUT2D eigenvalue weighted by atomic mass is 9.96. The summed E-state index contributed by atoms with van der Waals surface area (Å²) in [7, 11) is 1.67. The third-order valence-corrected chi connectivity index (χ3v) is 5.83. The summed E-state index contributed by atoms with van der Waals surface area (Å²) in [6.07, 6.45) is 1.00. The number of fused-ring (bicyclic) bond motifs is 1. The molecule has 1 aliphatic heterocycles. The number of amides is 1. The fourth-order valence-electron chi connectivity index (χ4n) is 4.05. The molecule has 3 aromatic carbocycles. The maximum atomic E-state index is 12.9. The first-order chi connectivity index (χ1) is 14.1. The van der Waals surface area contributed by atoms with E-state index in [9.17, 15) is 4.79 Å². The molecule has 4 rings (SSSR count). The van der Waals surface area contributed by atoms with Gasteiger partial charge in [-0.25, -0.2) is 0 Å². The quantitative estimate of drug-likeness (QED) is 0.683. The number of likely N-dealkylation sites (tertiary alicyclic amines) is 1. The van der Waals surface area contributed by atoms with Crippen LogP contribution in [0.4, 0.5) is 0 Å². The Morgan fingerprint density at radius 1 is 1.10 bits per heavy atom. The van der Waals surface area contributed by atoms with Gasteiger partial charge in [0, 0.05) is 25.7 Å². The van der Waals surface area contributed by atoms with Crippen molar-refractivity contribution < 1.29 is 9.53 Å². The van der Waals surface area contributed by atoms with E-state index in [1.165, 1.54) is 5.56 Å². The summed E-state index contributed by atoms with van der Waals surface area (Å²) in [6.45, 7) is 4.85. The van der Waals surface area contributed by atoms with Gasteiger partial charge in [-0.15, -0.1) is 0 Å². The van der Waals surface area contributed by atoms with Crippen molar-refractivity contribution in [3.8, 4) is 5.75 Å². The van der Waals surface area contributed by atoms with Crippen molar-refractivity contribution in [2.45, 2.75) is 31.8 Å². The Morgan fingerprint density at radius 2 is 1.86 bits per heavy atom. The van der Waals surface area contributed by atoms with Gasteiger partial charge in [-0.3, -0.25) is 9.69 Å². The molecule has 1 saturated heterocycles. The number of rotatable bonds is 6. The van der Waals surface area contributed by atoms with E-state index in [1.54, 1.807) is 7.11 Å². The number of carbonyl (C=O) groups excluding carboxylic acids is 1. The third kappa shape index (κ3) is 4.60. The molecule has 0 bridgehead atoms. The van der Waals surface area contributed by atoms with Gasteiger partial charge in [0.05, 0.1) is 13.0 Å². The number of ether oxygens (including phenoxy) is 1.